The zero-order valence-corrected chi connectivity index (χ0v) is 15.8. The normalized spacial score (nSPS) is 16.8. The lowest BCUT2D eigenvalue weighted by molar-refractivity contribution is 0.0782. The Hall–Kier alpha value is -2.38. The molecule has 2 heterocycles. The van der Waals surface area contributed by atoms with Crippen molar-refractivity contribution in [1.29, 1.82) is 0 Å². The van der Waals surface area contributed by atoms with Crippen molar-refractivity contribution < 1.29 is 9.53 Å². The summed E-state index contributed by atoms with van der Waals surface area (Å²) in [5.41, 5.74) is 1.29. The van der Waals surface area contributed by atoms with Crippen molar-refractivity contribution >= 4 is 29.0 Å². The minimum absolute atomic E-state index is 0.0155. The number of methoxy groups -OCH3 is 1. The zero-order chi connectivity index (χ0) is 18.7. The minimum atomic E-state index is 0.0155. The third-order valence-corrected chi connectivity index (χ3v) is 4.68. The second-order valence-corrected chi connectivity index (χ2v) is 6.81. The number of aromatic nitrogens is 2. The first-order valence-electron chi connectivity index (χ1n) is 8.36. The number of benzene rings is 1. The summed E-state index contributed by atoms with van der Waals surface area (Å²) in [5.74, 6) is 1.07. The molecule has 0 spiro atoms. The number of carbonyl (C=O) groups excluding carboxylic acids is 1. The monoisotopic (exact) mass is 375 g/mol. The Morgan fingerprint density at radius 3 is 2.85 bits per heavy atom. The van der Waals surface area contributed by atoms with Crippen LogP contribution in [0.3, 0.4) is 0 Å². The molecule has 3 rings (SSSR count). The fourth-order valence-electron chi connectivity index (χ4n) is 3.00. The highest BCUT2D eigenvalue weighted by molar-refractivity contribution is 6.29. The number of hydrogen-bond acceptors (Lipinski definition) is 6. The van der Waals surface area contributed by atoms with Gasteiger partial charge in [0.05, 0.1) is 25.2 Å². The Bertz CT molecular complexity index is 799. The molecule has 1 aromatic heterocycles. The summed E-state index contributed by atoms with van der Waals surface area (Å²) in [6.07, 6.45) is 4.02. The number of rotatable bonds is 5. The predicted molar refractivity (Wildman–Crippen MR) is 101 cm³/mol. The molecule has 1 fully saturated rings. The number of likely N-dealkylation sites (tertiary alicyclic amines) is 1. The van der Waals surface area contributed by atoms with Crippen molar-refractivity contribution in [3.63, 3.8) is 0 Å². The molecule has 8 heteroatoms. The van der Waals surface area contributed by atoms with E-state index in [0.29, 0.717) is 34.0 Å². The summed E-state index contributed by atoms with van der Waals surface area (Å²) in [6.45, 7) is 1.51. The number of nitrogens with one attached hydrogen (secondary N) is 1. The molecule has 0 aliphatic carbocycles. The van der Waals surface area contributed by atoms with E-state index in [0.717, 1.165) is 19.5 Å². The Morgan fingerprint density at radius 1 is 1.38 bits per heavy atom. The van der Waals surface area contributed by atoms with Gasteiger partial charge in [-0.3, -0.25) is 9.78 Å². The maximum atomic E-state index is 12.8. The van der Waals surface area contributed by atoms with Crippen molar-refractivity contribution in [2.45, 2.75) is 12.5 Å². The van der Waals surface area contributed by atoms with Gasteiger partial charge in [-0.15, -0.1) is 0 Å². The lowest BCUT2D eigenvalue weighted by atomic mass is 10.1. The minimum Gasteiger partial charge on any atom is -0.495 e. The van der Waals surface area contributed by atoms with E-state index in [2.05, 4.69) is 20.2 Å². The number of ether oxygens (including phenoxy) is 1. The SMILES string of the molecule is COc1cc(C(=O)N2CC[C@@H](N(C)C)C2)ccc1Nc1cncc(Cl)n1. The highest BCUT2D eigenvalue weighted by Gasteiger charge is 2.28. The molecule has 1 amide bonds. The van der Waals surface area contributed by atoms with Gasteiger partial charge in [0.15, 0.2) is 5.82 Å². The number of amides is 1. The molecule has 1 saturated heterocycles. The first kappa shape index (κ1) is 18.4. The van der Waals surface area contributed by atoms with Crippen molar-refractivity contribution in [3.05, 3.63) is 41.3 Å². The third-order valence-electron chi connectivity index (χ3n) is 4.50. The van der Waals surface area contributed by atoms with Crippen LogP contribution in [0.4, 0.5) is 11.5 Å². The first-order chi connectivity index (χ1) is 12.5. The molecule has 1 aliphatic heterocycles. The molecular formula is C18H22ClN5O2. The molecular weight excluding hydrogens is 354 g/mol. The Morgan fingerprint density at radius 2 is 2.19 bits per heavy atom. The molecule has 138 valence electrons. The van der Waals surface area contributed by atoms with E-state index in [1.54, 1.807) is 31.5 Å². The van der Waals surface area contributed by atoms with Gasteiger partial charge >= 0.3 is 0 Å². The van der Waals surface area contributed by atoms with E-state index in [4.69, 9.17) is 16.3 Å². The summed E-state index contributed by atoms with van der Waals surface area (Å²) < 4.78 is 5.44. The maximum absolute atomic E-state index is 12.8. The summed E-state index contributed by atoms with van der Waals surface area (Å²) in [7, 11) is 5.65. The van der Waals surface area contributed by atoms with E-state index in [1.165, 1.54) is 6.20 Å². The fourth-order valence-corrected chi connectivity index (χ4v) is 3.15. The molecule has 7 nitrogen and oxygen atoms in total. The summed E-state index contributed by atoms with van der Waals surface area (Å²) in [6, 6.07) is 5.73. The number of anilines is 2. The Kier molecular flexibility index (Phi) is 5.58. The van der Waals surface area contributed by atoms with Crippen LogP contribution in [0.25, 0.3) is 0 Å². The predicted octanol–water partition coefficient (Wildman–Crippen LogP) is 2.66. The number of nitrogens with zero attached hydrogens (tertiary/aromatic N) is 4. The van der Waals surface area contributed by atoms with Gasteiger partial charge in [0.1, 0.15) is 10.9 Å². The lowest BCUT2D eigenvalue weighted by Gasteiger charge is -2.21. The van der Waals surface area contributed by atoms with Gasteiger partial charge in [0.25, 0.3) is 5.91 Å². The molecule has 1 aromatic carbocycles. The van der Waals surface area contributed by atoms with Gasteiger partial charge in [-0.25, -0.2) is 4.98 Å². The third kappa shape index (κ3) is 4.05. The summed E-state index contributed by atoms with van der Waals surface area (Å²) >= 11 is 5.86. The fraction of sp³-hybridized carbons (Fsp3) is 0.389. The van der Waals surface area contributed by atoms with Crippen molar-refractivity contribution in [2.75, 3.05) is 39.6 Å². The Balaban J connectivity index is 1.77. The van der Waals surface area contributed by atoms with Gasteiger partial charge in [-0.2, -0.15) is 0 Å². The average Bonchev–Trinajstić information content (AvgIpc) is 3.12. The van der Waals surface area contributed by atoms with E-state index in [1.807, 2.05) is 19.0 Å². The molecule has 26 heavy (non-hydrogen) atoms. The molecule has 1 atom stereocenters. The average molecular weight is 376 g/mol. The van der Waals surface area contributed by atoms with Crippen LogP contribution in [0.2, 0.25) is 5.15 Å². The van der Waals surface area contributed by atoms with Crippen molar-refractivity contribution in [1.82, 2.24) is 19.8 Å². The number of likely N-dealkylation sites (N-methyl/N-ethyl adjacent to an activating group) is 1. The Labute approximate surface area is 157 Å². The van der Waals surface area contributed by atoms with Crippen LogP contribution in [-0.4, -0.2) is 66.0 Å². The van der Waals surface area contributed by atoms with E-state index in [-0.39, 0.29) is 5.91 Å². The van der Waals surface area contributed by atoms with Crippen LogP contribution in [0.5, 0.6) is 5.75 Å². The molecule has 0 saturated carbocycles. The highest BCUT2D eigenvalue weighted by atomic mass is 35.5. The molecule has 2 aromatic rings. The summed E-state index contributed by atoms with van der Waals surface area (Å²) in [4.78, 5) is 25.0. The second-order valence-electron chi connectivity index (χ2n) is 6.42. The molecule has 0 unspecified atom stereocenters. The van der Waals surface area contributed by atoms with Gasteiger partial charge in [-0.05, 0) is 38.7 Å². The van der Waals surface area contributed by atoms with Crippen LogP contribution in [0.15, 0.2) is 30.6 Å². The van der Waals surface area contributed by atoms with E-state index >= 15 is 0 Å². The zero-order valence-electron chi connectivity index (χ0n) is 15.1. The standard InChI is InChI=1S/C18H22ClN5O2/c1-23(2)13-6-7-24(11-13)18(25)12-4-5-14(15(8-12)26-3)21-17-10-20-9-16(19)22-17/h4-5,8-10,13H,6-7,11H2,1-3H3,(H,21,22)/t13-/m1/s1. The van der Waals surface area contributed by atoms with Gasteiger partial charge in [-0.1, -0.05) is 11.6 Å². The first-order valence-corrected chi connectivity index (χ1v) is 8.74. The van der Waals surface area contributed by atoms with Crippen LogP contribution in [0, 0.1) is 0 Å². The van der Waals surface area contributed by atoms with Crippen molar-refractivity contribution in [3.8, 4) is 5.75 Å². The second kappa shape index (κ2) is 7.88. The topological polar surface area (TPSA) is 70.6 Å². The molecule has 1 N–H and O–H groups in total. The van der Waals surface area contributed by atoms with E-state index < -0.39 is 0 Å². The van der Waals surface area contributed by atoms with Crippen LogP contribution < -0.4 is 10.1 Å². The largest absolute Gasteiger partial charge is 0.495 e. The van der Waals surface area contributed by atoms with Gasteiger partial charge in [0.2, 0.25) is 0 Å². The quantitative estimate of drug-likeness (QED) is 0.866. The molecule has 0 bridgehead atoms. The lowest BCUT2D eigenvalue weighted by Crippen LogP contribution is -2.34. The molecule has 0 radical (unpaired) electrons. The van der Waals surface area contributed by atoms with E-state index in [9.17, 15) is 4.79 Å². The number of carbonyl (C=O) groups is 1. The number of hydrogen-bond donors (Lipinski definition) is 1. The number of halogens is 1. The summed E-state index contributed by atoms with van der Waals surface area (Å²) in [5, 5.41) is 3.40. The van der Waals surface area contributed by atoms with Crippen LogP contribution in [-0.2, 0) is 0 Å². The van der Waals surface area contributed by atoms with Crippen LogP contribution >= 0.6 is 11.6 Å². The van der Waals surface area contributed by atoms with Gasteiger partial charge < -0.3 is 19.9 Å². The van der Waals surface area contributed by atoms with Crippen LogP contribution in [0.1, 0.15) is 16.8 Å². The van der Waals surface area contributed by atoms with Gasteiger partial charge in [0, 0.05) is 24.7 Å². The highest BCUT2D eigenvalue weighted by Crippen LogP contribution is 2.29. The van der Waals surface area contributed by atoms with Crippen molar-refractivity contribution in [2.24, 2.45) is 0 Å². The smallest absolute Gasteiger partial charge is 0.254 e. The molecule has 1 aliphatic rings. The maximum Gasteiger partial charge on any atom is 0.254 e.